The fraction of sp³-hybridized carbons (Fsp3) is 0.435. The van der Waals surface area contributed by atoms with Gasteiger partial charge in [-0.2, -0.15) is 0 Å². The molecule has 1 atom stereocenters. The molecule has 0 radical (unpaired) electrons. The van der Waals surface area contributed by atoms with Gasteiger partial charge in [0.2, 0.25) is 0 Å². The summed E-state index contributed by atoms with van der Waals surface area (Å²) in [7, 11) is 2.16. The molecule has 2 saturated heterocycles. The van der Waals surface area contributed by atoms with Crippen LogP contribution in [0.25, 0.3) is 5.65 Å². The second kappa shape index (κ2) is 7.76. The van der Waals surface area contributed by atoms with Gasteiger partial charge in [-0.25, -0.2) is 9.37 Å². The molecule has 0 amide bonds. The van der Waals surface area contributed by atoms with E-state index in [4.69, 9.17) is 4.98 Å². The number of piperazine rings is 1. The zero-order chi connectivity index (χ0) is 19.8. The van der Waals surface area contributed by atoms with Crippen LogP contribution in [0.4, 0.5) is 10.2 Å². The van der Waals surface area contributed by atoms with Crippen LogP contribution in [0.2, 0.25) is 0 Å². The molecular formula is C23H28FN5. The fourth-order valence-electron chi connectivity index (χ4n) is 4.64. The molecule has 2 aliphatic rings. The lowest BCUT2D eigenvalue weighted by molar-refractivity contribution is 0.0878. The smallest absolute Gasteiger partial charge is 0.138 e. The number of anilines is 1. The maximum absolute atomic E-state index is 14.1. The molecule has 0 N–H and O–H groups in total. The van der Waals surface area contributed by atoms with E-state index in [1.165, 1.54) is 18.7 Å². The molecule has 1 aromatic carbocycles. The van der Waals surface area contributed by atoms with Gasteiger partial charge in [-0.15, -0.1) is 0 Å². The van der Waals surface area contributed by atoms with E-state index in [1.54, 1.807) is 12.1 Å². The first-order valence-corrected chi connectivity index (χ1v) is 10.6. The summed E-state index contributed by atoms with van der Waals surface area (Å²) in [6.07, 6.45) is 4.72. The van der Waals surface area contributed by atoms with Crippen LogP contribution in [-0.4, -0.2) is 59.0 Å². The first-order valence-electron chi connectivity index (χ1n) is 10.6. The quantitative estimate of drug-likeness (QED) is 0.677. The molecule has 0 unspecified atom stereocenters. The number of aromatic nitrogens is 2. The molecule has 2 fully saturated rings. The number of hydrogen-bond donors (Lipinski definition) is 0. The zero-order valence-corrected chi connectivity index (χ0v) is 17.0. The van der Waals surface area contributed by atoms with Crippen molar-refractivity contribution in [3.05, 3.63) is 65.7 Å². The Balaban J connectivity index is 1.41. The van der Waals surface area contributed by atoms with Crippen LogP contribution in [0.15, 0.2) is 48.7 Å². The summed E-state index contributed by atoms with van der Waals surface area (Å²) in [5, 5.41) is 0. The van der Waals surface area contributed by atoms with Gasteiger partial charge < -0.3 is 4.90 Å². The topological polar surface area (TPSA) is 27.0 Å². The highest BCUT2D eigenvalue weighted by Gasteiger charge is 2.28. The second-order valence-electron chi connectivity index (χ2n) is 8.30. The molecule has 29 heavy (non-hydrogen) atoms. The van der Waals surface area contributed by atoms with Gasteiger partial charge in [0.25, 0.3) is 0 Å². The average molecular weight is 394 g/mol. The number of benzene rings is 1. The van der Waals surface area contributed by atoms with Crippen LogP contribution in [-0.2, 0) is 6.54 Å². The third kappa shape index (κ3) is 3.63. The zero-order valence-electron chi connectivity index (χ0n) is 17.0. The van der Waals surface area contributed by atoms with Crippen molar-refractivity contribution in [3.8, 4) is 0 Å². The third-order valence-corrected chi connectivity index (χ3v) is 6.34. The van der Waals surface area contributed by atoms with Crippen molar-refractivity contribution in [2.24, 2.45) is 0 Å². The van der Waals surface area contributed by atoms with Gasteiger partial charge >= 0.3 is 0 Å². The number of hydrogen-bond acceptors (Lipinski definition) is 4. The minimum absolute atomic E-state index is 0.119. The Bertz CT molecular complexity index is 994. The predicted octanol–water partition coefficient (Wildman–Crippen LogP) is 3.56. The number of rotatable bonds is 4. The molecule has 0 saturated carbocycles. The first-order chi connectivity index (χ1) is 14.2. The summed E-state index contributed by atoms with van der Waals surface area (Å²) in [4.78, 5) is 12.1. The molecule has 4 heterocycles. The molecule has 152 valence electrons. The minimum atomic E-state index is -0.119. The molecule has 0 bridgehead atoms. The van der Waals surface area contributed by atoms with Gasteiger partial charge in [-0.3, -0.25) is 14.2 Å². The van der Waals surface area contributed by atoms with Crippen molar-refractivity contribution in [3.63, 3.8) is 0 Å². The summed E-state index contributed by atoms with van der Waals surface area (Å²) in [5.41, 5.74) is 2.86. The molecule has 3 aromatic rings. The number of pyridine rings is 1. The van der Waals surface area contributed by atoms with Gasteiger partial charge in [0.05, 0.1) is 11.7 Å². The number of halogens is 1. The Kier molecular flexibility index (Phi) is 4.97. The van der Waals surface area contributed by atoms with Crippen LogP contribution in [0.5, 0.6) is 0 Å². The second-order valence-corrected chi connectivity index (χ2v) is 8.30. The van der Waals surface area contributed by atoms with E-state index >= 15 is 0 Å². The van der Waals surface area contributed by atoms with E-state index in [1.807, 2.05) is 12.1 Å². The van der Waals surface area contributed by atoms with Gasteiger partial charge in [-0.1, -0.05) is 24.3 Å². The molecular weight excluding hydrogens is 365 g/mol. The Morgan fingerprint density at radius 2 is 1.83 bits per heavy atom. The van der Waals surface area contributed by atoms with E-state index in [0.29, 0.717) is 6.54 Å². The Morgan fingerprint density at radius 1 is 1.00 bits per heavy atom. The highest BCUT2D eigenvalue weighted by atomic mass is 19.1. The normalized spacial score (nSPS) is 21.3. The number of fused-ring (bicyclic) bond motifs is 1. The van der Waals surface area contributed by atoms with Crippen molar-refractivity contribution in [2.75, 3.05) is 44.7 Å². The monoisotopic (exact) mass is 393 g/mol. The van der Waals surface area contributed by atoms with Crippen molar-refractivity contribution in [2.45, 2.75) is 25.4 Å². The summed E-state index contributed by atoms with van der Waals surface area (Å²) < 4.78 is 16.4. The lowest BCUT2D eigenvalue weighted by Gasteiger charge is -2.38. The summed E-state index contributed by atoms with van der Waals surface area (Å²) in [6, 6.07) is 13.7. The fourth-order valence-corrected chi connectivity index (χ4v) is 4.64. The van der Waals surface area contributed by atoms with Crippen LogP contribution in [0, 0.1) is 5.82 Å². The summed E-state index contributed by atoms with van der Waals surface area (Å²) in [5.74, 6) is 1.12. The number of likely N-dealkylation sites (N-methyl/N-ethyl adjacent to an activating group) is 1. The van der Waals surface area contributed by atoms with Crippen LogP contribution in [0.3, 0.4) is 0 Å². The van der Waals surface area contributed by atoms with Gasteiger partial charge in [0.1, 0.15) is 17.3 Å². The molecule has 2 aromatic heterocycles. The molecule has 0 aliphatic carbocycles. The summed E-state index contributed by atoms with van der Waals surface area (Å²) in [6.45, 7) is 5.62. The minimum Gasteiger partial charge on any atom is -0.358 e. The maximum atomic E-state index is 14.1. The largest absolute Gasteiger partial charge is 0.358 e. The molecule has 5 nitrogen and oxygen atoms in total. The van der Waals surface area contributed by atoms with E-state index in [-0.39, 0.29) is 11.9 Å². The predicted molar refractivity (Wildman–Crippen MR) is 114 cm³/mol. The van der Waals surface area contributed by atoms with Gasteiger partial charge in [0.15, 0.2) is 0 Å². The van der Waals surface area contributed by atoms with Crippen molar-refractivity contribution < 1.29 is 4.39 Å². The first kappa shape index (κ1) is 18.6. The van der Waals surface area contributed by atoms with E-state index in [0.717, 1.165) is 49.6 Å². The number of nitrogens with zero attached hydrogens (tertiary/aromatic N) is 5. The van der Waals surface area contributed by atoms with Crippen LogP contribution in [0.1, 0.15) is 30.1 Å². The van der Waals surface area contributed by atoms with Crippen LogP contribution < -0.4 is 4.90 Å². The average Bonchev–Trinajstić information content (AvgIpc) is 3.40. The molecule has 2 aliphatic heterocycles. The highest BCUT2D eigenvalue weighted by molar-refractivity contribution is 5.53. The lowest BCUT2D eigenvalue weighted by atomic mass is 10.1. The van der Waals surface area contributed by atoms with Crippen molar-refractivity contribution >= 4 is 11.5 Å². The van der Waals surface area contributed by atoms with Gasteiger partial charge in [-0.05, 0) is 38.1 Å². The van der Waals surface area contributed by atoms with E-state index in [2.05, 4.69) is 50.5 Å². The highest BCUT2D eigenvalue weighted by Crippen LogP contribution is 2.28. The number of imidazole rings is 1. The van der Waals surface area contributed by atoms with E-state index < -0.39 is 0 Å². The molecule has 6 heteroatoms. The standard InChI is InChI=1S/C23H28FN5/c1-26-13-14-27(15-18-7-2-3-8-19(18)24)17-21(26)20-16-29-22(25-20)9-6-10-23(29)28-11-4-5-12-28/h2-3,6-10,16,21H,4-5,11-15,17H2,1H3/t21-/m0/s1. The third-order valence-electron chi connectivity index (χ3n) is 6.34. The maximum Gasteiger partial charge on any atom is 0.138 e. The molecule has 0 spiro atoms. The van der Waals surface area contributed by atoms with Crippen molar-refractivity contribution in [1.82, 2.24) is 19.2 Å². The summed E-state index contributed by atoms with van der Waals surface area (Å²) >= 11 is 0. The molecule has 5 rings (SSSR count). The van der Waals surface area contributed by atoms with Crippen LogP contribution >= 0.6 is 0 Å². The Morgan fingerprint density at radius 3 is 2.66 bits per heavy atom. The Hall–Kier alpha value is -2.44. The Labute approximate surface area is 171 Å². The van der Waals surface area contributed by atoms with Gasteiger partial charge in [0, 0.05) is 51.0 Å². The van der Waals surface area contributed by atoms with Crippen molar-refractivity contribution in [1.29, 1.82) is 0 Å². The van der Waals surface area contributed by atoms with E-state index in [9.17, 15) is 4.39 Å². The SMILES string of the molecule is CN1CCN(Cc2ccccc2F)C[C@H]1c1cn2c(N3CCCC3)cccc2n1. The lowest BCUT2D eigenvalue weighted by Crippen LogP contribution is -2.46.